The van der Waals surface area contributed by atoms with Gasteiger partial charge in [-0.15, -0.1) is 0 Å². The van der Waals surface area contributed by atoms with E-state index in [1.165, 1.54) is 4.90 Å². The number of benzene rings is 1. The molecule has 3 fully saturated rings. The first kappa shape index (κ1) is 21.9. The first-order valence-corrected chi connectivity index (χ1v) is 12.5. The number of carbonyl (C=O) groups is 4. The fraction of sp³-hybridized carbons (Fsp3) is 0.565. The second-order valence-electron chi connectivity index (χ2n) is 8.53. The summed E-state index contributed by atoms with van der Waals surface area (Å²) in [5.74, 6) is -0.505. The Labute approximate surface area is 186 Å². The van der Waals surface area contributed by atoms with Gasteiger partial charge in [0.15, 0.2) is 0 Å². The molecule has 166 valence electrons. The zero-order valence-electron chi connectivity index (χ0n) is 17.8. The van der Waals surface area contributed by atoms with Crippen LogP contribution in [0.25, 0.3) is 0 Å². The van der Waals surface area contributed by atoms with Crippen molar-refractivity contribution < 1.29 is 19.2 Å². The van der Waals surface area contributed by atoms with Gasteiger partial charge >= 0.3 is 0 Å². The molecule has 3 unspecified atom stereocenters. The van der Waals surface area contributed by atoms with Crippen LogP contribution in [-0.2, 0) is 19.2 Å². The normalized spacial score (nSPS) is 24.5. The highest BCUT2D eigenvalue weighted by atomic mass is 32.2. The van der Waals surface area contributed by atoms with Crippen LogP contribution < -0.4 is 10.2 Å². The number of thioether (sulfide) groups is 1. The number of amides is 4. The molecule has 0 spiro atoms. The van der Waals surface area contributed by atoms with Crippen LogP contribution in [-0.4, -0.2) is 53.1 Å². The van der Waals surface area contributed by atoms with Crippen molar-refractivity contribution in [1.82, 2.24) is 4.90 Å². The maximum Gasteiger partial charge on any atom is 0.247 e. The predicted molar refractivity (Wildman–Crippen MR) is 121 cm³/mol. The minimum absolute atomic E-state index is 0.0807. The molecule has 3 aliphatic rings. The van der Waals surface area contributed by atoms with E-state index in [4.69, 9.17) is 0 Å². The van der Waals surface area contributed by atoms with Crippen LogP contribution in [0, 0.1) is 11.8 Å². The SMILES string of the molecule is CSCCC(C(=O)Nc1cccc(N2CCCC2=O)c1)N1C(=O)C2CCCCC2C1=O. The highest BCUT2D eigenvalue weighted by Crippen LogP contribution is 2.39. The topological polar surface area (TPSA) is 86.8 Å². The summed E-state index contributed by atoms with van der Waals surface area (Å²) in [7, 11) is 0. The zero-order chi connectivity index (χ0) is 22.0. The van der Waals surface area contributed by atoms with Crippen molar-refractivity contribution >= 4 is 46.8 Å². The third kappa shape index (κ3) is 4.35. The van der Waals surface area contributed by atoms with Gasteiger partial charge in [-0.1, -0.05) is 18.9 Å². The van der Waals surface area contributed by atoms with Crippen LogP contribution >= 0.6 is 11.8 Å². The van der Waals surface area contributed by atoms with Gasteiger partial charge in [0.2, 0.25) is 23.6 Å². The molecule has 2 heterocycles. The van der Waals surface area contributed by atoms with Crippen molar-refractivity contribution in [2.24, 2.45) is 11.8 Å². The molecule has 1 N–H and O–H groups in total. The minimum Gasteiger partial charge on any atom is -0.324 e. The van der Waals surface area contributed by atoms with Gasteiger partial charge < -0.3 is 10.2 Å². The molecule has 3 atom stereocenters. The van der Waals surface area contributed by atoms with E-state index in [9.17, 15) is 19.2 Å². The Morgan fingerprint density at radius 3 is 2.45 bits per heavy atom. The number of anilines is 2. The van der Waals surface area contributed by atoms with Crippen LogP contribution in [0.15, 0.2) is 24.3 Å². The number of nitrogens with zero attached hydrogens (tertiary/aromatic N) is 2. The summed E-state index contributed by atoms with van der Waals surface area (Å²) in [5.41, 5.74) is 1.31. The van der Waals surface area contributed by atoms with Crippen molar-refractivity contribution in [1.29, 1.82) is 0 Å². The number of hydrogen-bond donors (Lipinski definition) is 1. The highest BCUT2D eigenvalue weighted by molar-refractivity contribution is 7.98. The van der Waals surface area contributed by atoms with E-state index in [0.717, 1.165) is 37.8 Å². The summed E-state index contributed by atoms with van der Waals surface area (Å²) >= 11 is 1.59. The average Bonchev–Trinajstić information content (AvgIpc) is 3.31. The molecule has 1 aromatic carbocycles. The number of nitrogens with one attached hydrogen (secondary N) is 1. The van der Waals surface area contributed by atoms with E-state index in [2.05, 4.69) is 5.32 Å². The molecule has 7 nitrogen and oxygen atoms in total. The van der Waals surface area contributed by atoms with Gasteiger partial charge in [-0.2, -0.15) is 11.8 Å². The molecule has 0 radical (unpaired) electrons. The van der Waals surface area contributed by atoms with Gasteiger partial charge in [0, 0.05) is 24.3 Å². The van der Waals surface area contributed by atoms with Crippen molar-refractivity contribution in [2.75, 3.05) is 28.8 Å². The maximum atomic E-state index is 13.3. The molecule has 0 bridgehead atoms. The lowest BCUT2D eigenvalue weighted by molar-refractivity contribution is -0.146. The monoisotopic (exact) mass is 443 g/mol. The molecule has 2 saturated heterocycles. The molecule has 4 amide bonds. The summed E-state index contributed by atoms with van der Waals surface area (Å²) in [6.07, 6.45) is 7.11. The van der Waals surface area contributed by atoms with Gasteiger partial charge in [0.25, 0.3) is 0 Å². The molecule has 1 saturated carbocycles. The first-order chi connectivity index (χ1) is 15.0. The van der Waals surface area contributed by atoms with E-state index in [0.29, 0.717) is 30.8 Å². The van der Waals surface area contributed by atoms with Gasteiger partial charge in [-0.3, -0.25) is 24.1 Å². The van der Waals surface area contributed by atoms with E-state index in [-0.39, 0.29) is 35.5 Å². The number of fused-ring (bicyclic) bond motifs is 1. The second-order valence-corrected chi connectivity index (χ2v) is 9.52. The molecule has 2 aliphatic heterocycles. The molecule has 31 heavy (non-hydrogen) atoms. The summed E-state index contributed by atoms with van der Waals surface area (Å²) in [4.78, 5) is 54.4. The lowest BCUT2D eigenvalue weighted by atomic mass is 9.81. The Morgan fingerprint density at radius 2 is 1.84 bits per heavy atom. The standard InChI is InChI=1S/C23H29N3O4S/c1-31-13-11-19(26-22(29)17-8-2-3-9-18(17)23(26)30)21(28)24-15-6-4-7-16(14-15)25-12-5-10-20(25)27/h4,6-7,14,17-19H,2-3,5,8-13H2,1H3,(H,24,28). The fourth-order valence-corrected chi connectivity index (χ4v) is 5.46. The Morgan fingerprint density at radius 1 is 1.13 bits per heavy atom. The number of rotatable bonds is 7. The van der Waals surface area contributed by atoms with Gasteiger partial charge in [-0.05, 0) is 55.9 Å². The summed E-state index contributed by atoms with van der Waals surface area (Å²) in [6.45, 7) is 0.673. The number of carbonyl (C=O) groups excluding carboxylic acids is 4. The molecule has 4 rings (SSSR count). The lowest BCUT2D eigenvalue weighted by Gasteiger charge is -2.26. The van der Waals surface area contributed by atoms with E-state index < -0.39 is 6.04 Å². The molecule has 0 aromatic heterocycles. The maximum absolute atomic E-state index is 13.3. The largest absolute Gasteiger partial charge is 0.324 e. The van der Waals surface area contributed by atoms with E-state index >= 15 is 0 Å². The third-order valence-corrected chi connectivity index (χ3v) is 7.23. The van der Waals surface area contributed by atoms with Crippen molar-refractivity contribution in [2.45, 2.75) is 51.0 Å². The van der Waals surface area contributed by atoms with Crippen molar-refractivity contribution in [3.63, 3.8) is 0 Å². The smallest absolute Gasteiger partial charge is 0.247 e. The number of hydrogen-bond acceptors (Lipinski definition) is 5. The zero-order valence-corrected chi connectivity index (χ0v) is 18.7. The fourth-order valence-electron chi connectivity index (χ4n) is 5.00. The van der Waals surface area contributed by atoms with Gasteiger partial charge in [0.05, 0.1) is 11.8 Å². The quantitative estimate of drug-likeness (QED) is 0.655. The number of likely N-dealkylation sites (tertiary alicyclic amines) is 1. The average molecular weight is 444 g/mol. The summed E-state index contributed by atoms with van der Waals surface area (Å²) < 4.78 is 0. The van der Waals surface area contributed by atoms with Crippen LogP contribution in [0.5, 0.6) is 0 Å². The third-order valence-electron chi connectivity index (χ3n) is 6.58. The van der Waals surface area contributed by atoms with Gasteiger partial charge in [-0.25, -0.2) is 0 Å². The van der Waals surface area contributed by atoms with Crippen LogP contribution in [0.3, 0.4) is 0 Å². The molecular formula is C23H29N3O4S. The van der Waals surface area contributed by atoms with Gasteiger partial charge in [0.1, 0.15) is 6.04 Å². The Hall–Kier alpha value is -2.35. The predicted octanol–water partition coefficient (Wildman–Crippen LogP) is 3.05. The van der Waals surface area contributed by atoms with Crippen molar-refractivity contribution in [3.8, 4) is 0 Å². The molecule has 8 heteroatoms. The Kier molecular flexibility index (Phi) is 6.65. The van der Waals surface area contributed by atoms with Crippen LogP contribution in [0.2, 0.25) is 0 Å². The van der Waals surface area contributed by atoms with E-state index in [1.54, 1.807) is 34.9 Å². The minimum atomic E-state index is -0.810. The number of imide groups is 1. The molecule has 1 aliphatic carbocycles. The molecule has 1 aromatic rings. The van der Waals surface area contributed by atoms with E-state index in [1.807, 2.05) is 12.3 Å². The summed E-state index contributed by atoms with van der Waals surface area (Å²) in [6, 6.07) is 6.38. The van der Waals surface area contributed by atoms with Crippen molar-refractivity contribution in [3.05, 3.63) is 24.3 Å². The summed E-state index contributed by atoms with van der Waals surface area (Å²) in [5, 5.41) is 2.90. The van der Waals surface area contributed by atoms with Crippen LogP contribution in [0.1, 0.15) is 44.9 Å². The molecular weight excluding hydrogens is 414 g/mol. The Balaban J connectivity index is 1.53. The Bertz CT molecular complexity index is 865. The highest BCUT2D eigenvalue weighted by Gasteiger charge is 2.51. The van der Waals surface area contributed by atoms with Crippen LogP contribution in [0.4, 0.5) is 11.4 Å². The second kappa shape index (κ2) is 9.42. The first-order valence-electron chi connectivity index (χ1n) is 11.1. The lowest BCUT2D eigenvalue weighted by Crippen LogP contribution is -2.48.